The average Bonchev–Trinajstić information content (AvgIpc) is 2.84. The lowest BCUT2D eigenvalue weighted by atomic mass is 10.1. The summed E-state index contributed by atoms with van der Waals surface area (Å²) in [6.45, 7) is 3.88. The lowest BCUT2D eigenvalue weighted by Gasteiger charge is -2.13. The number of fused-ring (bicyclic) bond motifs is 1. The summed E-state index contributed by atoms with van der Waals surface area (Å²) in [5.41, 5.74) is 3.06. The first-order valence-electron chi connectivity index (χ1n) is 9.55. The molecule has 1 aliphatic carbocycles. The first-order chi connectivity index (χ1) is 13.9. The van der Waals surface area contributed by atoms with Crippen molar-refractivity contribution >= 4 is 51.0 Å². The number of esters is 1. The first-order valence-corrected chi connectivity index (χ1v) is 10.8. The molecule has 0 bridgehead atoms. The quantitative estimate of drug-likeness (QED) is 0.219. The van der Waals surface area contributed by atoms with Gasteiger partial charge in [0.15, 0.2) is 5.11 Å². The van der Waals surface area contributed by atoms with Crippen LogP contribution in [0.5, 0.6) is 0 Å². The summed E-state index contributed by atoms with van der Waals surface area (Å²) in [6.07, 6.45) is 5.14. The summed E-state index contributed by atoms with van der Waals surface area (Å²) in [6, 6.07) is 4.54. The molecular weight excluding hydrogens is 410 g/mol. The highest BCUT2D eigenvalue weighted by molar-refractivity contribution is 7.80. The maximum absolute atomic E-state index is 12.6. The third-order valence-corrected chi connectivity index (χ3v) is 6.21. The predicted octanol–water partition coefficient (Wildman–Crippen LogP) is 5.22. The Morgan fingerprint density at radius 2 is 2.03 bits per heavy atom. The van der Waals surface area contributed by atoms with Crippen LogP contribution >= 0.6 is 23.6 Å². The van der Waals surface area contributed by atoms with E-state index < -0.39 is 4.92 Å². The molecular formula is C20H23N3O4S2. The molecule has 2 N–H and O–H groups in total. The lowest BCUT2D eigenvalue weighted by molar-refractivity contribution is -0.384. The minimum Gasteiger partial charge on any atom is -0.462 e. The van der Waals surface area contributed by atoms with E-state index in [4.69, 9.17) is 17.0 Å². The molecule has 1 aromatic carbocycles. The normalized spacial score (nSPS) is 13.2. The number of thiophene rings is 1. The Labute approximate surface area is 178 Å². The van der Waals surface area contributed by atoms with Gasteiger partial charge in [0, 0.05) is 22.7 Å². The maximum Gasteiger partial charge on any atom is 0.341 e. The summed E-state index contributed by atoms with van der Waals surface area (Å²) < 4.78 is 5.29. The smallest absolute Gasteiger partial charge is 0.341 e. The van der Waals surface area contributed by atoms with Crippen molar-refractivity contribution in [2.75, 3.05) is 17.2 Å². The summed E-state index contributed by atoms with van der Waals surface area (Å²) in [7, 11) is 0. The summed E-state index contributed by atoms with van der Waals surface area (Å²) in [5.74, 6) is -0.330. The van der Waals surface area contributed by atoms with Gasteiger partial charge in [-0.2, -0.15) is 0 Å². The number of thiocarbonyl (C=S) groups is 1. The minimum absolute atomic E-state index is 0.0264. The molecule has 0 saturated heterocycles. The number of hydrogen-bond donors (Lipinski definition) is 2. The van der Waals surface area contributed by atoms with E-state index in [0.717, 1.165) is 37.7 Å². The highest BCUT2D eigenvalue weighted by Gasteiger charge is 2.26. The van der Waals surface area contributed by atoms with Gasteiger partial charge in [-0.05, 0) is 68.9 Å². The number of nitrogens with zero attached hydrogens (tertiary/aromatic N) is 1. The summed E-state index contributed by atoms with van der Waals surface area (Å²) >= 11 is 6.99. The molecule has 2 aromatic rings. The zero-order valence-electron chi connectivity index (χ0n) is 16.4. The molecule has 29 heavy (non-hydrogen) atoms. The van der Waals surface area contributed by atoms with Crippen LogP contribution in [-0.4, -0.2) is 22.6 Å². The molecule has 3 rings (SSSR count). The number of carbonyl (C=O) groups excluding carboxylic acids is 1. The molecule has 154 valence electrons. The van der Waals surface area contributed by atoms with Crippen LogP contribution in [0, 0.1) is 17.0 Å². The summed E-state index contributed by atoms with van der Waals surface area (Å²) in [4.78, 5) is 24.3. The number of anilines is 2. The molecule has 0 fully saturated rings. The van der Waals surface area contributed by atoms with Crippen LogP contribution in [0.25, 0.3) is 0 Å². The molecule has 0 amide bonds. The Morgan fingerprint density at radius 3 is 2.72 bits per heavy atom. The number of benzene rings is 1. The molecule has 0 unspecified atom stereocenters. The van der Waals surface area contributed by atoms with Gasteiger partial charge in [-0.15, -0.1) is 11.3 Å². The Balaban J connectivity index is 1.83. The molecule has 7 nitrogen and oxygen atoms in total. The first kappa shape index (κ1) is 21.2. The molecule has 1 aromatic heterocycles. The van der Waals surface area contributed by atoms with Gasteiger partial charge in [-0.3, -0.25) is 10.1 Å². The third-order valence-electron chi connectivity index (χ3n) is 4.80. The van der Waals surface area contributed by atoms with Crippen molar-refractivity contribution in [3.05, 3.63) is 49.9 Å². The largest absolute Gasteiger partial charge is 0.462 e. The Kier molecular flexibility index (Phi) is 6.81. The van der Waals surface area contributed by atoms with Gasteiger partial charge in [0.25, 0.3) is 5.69 Å². The van der Waals surface area contributed by atoms with Crippen LogP contribution in [-0.2, 0) is 17.6 Å². The number of hydrogen-bond acceptors (Lipinski definition) is 6. The number of nitrogens with one attached hydrogen (secondary N) is 2. The van der Waals surface area contributed by atoms with Crippen molar-refractivity contribution in [1.82, 2.24) is 0 Å². The van der Waals surface area contributed by atoms with Crippen LogP contribution in [0.15, 0.2) is 18.2 Å². The van der Waals surface area contributed by atoms with E-state index >= 15 is 0 Å². The van der Waals surface area contributed by atoms with Gasteiger partial charge in [0.1, 0.15) is 5.00 Å². The fourth-order valence-corrected chi connectivity index (χ4v) is 4.97. The van der Waals surface area contributed by atoms with Crippen molar-refractivity contribution in [2.45, 2.75) is 46.0 Å². The van der Waals surface area contributed by atoms with Crippen molar-refractivity contribution in [1.29, 1.82) is 0 Å². The van der Waals surface area contributed by atoms with Gasteiger partial charge >= 0.3 is 5.97 Å². The highest BCUT2D eigenvalue weighted by atomic mass is 32.1. The SMILES string of the molecule is CCOC(=O)c1c(NC(=S)Nc2ccc([N+](=O)[O-])cc2C)sc2c1CCCCC2. The van der Waals surface area contributed by atoms with Gasteiger partial charge in [-0.25, -0.2) is 4.79 Å². The number of nitro benzene ring substituents is 1. The van der Waals surface area contributed by atoms with E-state index in [1.807, 2.05) is 0 Å². The third kappa shape index (κ3) is 4.91. The molecule has 1 heterocycles. The van der Waals surface area contributed by atoms with Crippen LogP contribution in [0.2, 0.25) is 0 Å². The second-order valence-corrected chi connectivity index (χ2v) is 8.34. The number of ether oxygens (including phenoxy) is 1. The monoisotopic (exact) mass is 433 g/mol. The molecule has 0 saturated carbocycles. The van der Waals surface area contributed by atoms with Crippen LogP contribution in [0.1, 0.15) is 52.5 Å². The van der Waals surface area contributed by atoms with Crippen molar-refractivity contribution < 1.29 is 14.5 Å². The van der Waals surface area contributed by atoms with E-state index in [-0.39, 0.29) is 11.7 Å². The van der Waals surface area contributed by atoms with Crippen molar-refractivity contribution in [3.8, 4) is 0 Å². The second-order valence-electron chi connectivity index (χ2n) is 6.82. The van der Waals surface area contributed by atoms with Gasteiger partial charge in [-0.1, -0.05) is 6.42 Å². The van der Waals surface area contributed by atoms with Gasteiger partial charge in [0.2, 0.25) is 0 Å². The number of non-ortho nitro benzene ring substituents is 1. The van der Waals surface area contributed by atoms with Crippen molar-refractivity contribution in [2.24, 2.45) is 0 Å². The Bertz CT molecular complexity index is 955. The van der Waals surface area contributed by atoms with E-state index in [0.29, 0.717) is 33.5 Å². The zero-order valence-corrected chi connectivity index (χ0v) is 18.0. The number of rotatable bonds is 5. The Hall–Kier alpha value is -2.52. The lowest BCUT2D eigenvalue weighted by Crippen LogP contribution is -2.21. The molecule has 0 atom stereocenters. The number of aryl methyl sites for hydroxylation is 2. The number of carbonyl (C=O) groups is 1. The predicted molar refractivity (Wildman–Crippen MR) is 119 cm³/mol. The molecule has 9 heteroatoms. The Morgan fingerprint density at radius 1 is 1.28 bits per heavy atom. The van der Waals surface area contributed by atoms with Gasteiger partial charge < -0.3 is 15.4 Å². The van der Waals surface area contributed by atoms with E-state index in [1.165, 1.54) is 17.0 Å². The fourth-order valence-electron chi connectivity index (χ4n) is 3.41. The number of nitro groups is 1. The topological polar surface area (TPSA) is 93.5 Å². The van der Waals surface area contributed by atoms with Crippen LogP contribution in [0.3, 0.4) is 0 Å². The molecule has 0 aliphatic heterocycles. The maximum atomic E-state index is 12.6. The molecule has 0 radical (unpaired) electrons. The second kappa shape index (κ2) is 9.32. The summed E-state index contributed by atoms with van der Waals surface area (Å²) in [5, 5.41) is 18.1. The average molecular weight is 434 g/mol. The molecule has 0 spiro atoms. The highest BCUT2D eigenvalue weighted by Crippen LogP contribution is 2.38. The minimum atomic E-state index is -0.433. The zero-order chi connectivity index (χ0) is 21.0. The molecule has 1 aliphatic rings. The van der Waals surface area contributed by atoms with E-state index in [2.05, 4.69) is 10.6 Å². The fraction of sp³-hybridized carbons (Fsp3) is 0.400. The van der Waals surface area contributed by atoms with Crippen LogP contribution in [0.4, 0.5) is 16.4 Å². The van der Waals surface area contributed by atoms with Crippen LogP contribution < -0.4 is 10.6 Å². The van der Waals surface area contributed by atoms with E-state index in [1.54, 1.807) is 31.3 Å². The van der Waals surface area contributed by atoms with E-state index in [9.17, 15) is 14.9 Å². The standard InChI is InChI=1S/C20H23N3O4S2/c1-3-27-19(24)17-14-7-5-4-6-8-16(14)29-18(17)22-20(28)21-15-10-9-13(23(25)26)11-12(15)2/h9-11H,3-8H2,1-2H3,(H2,21,22,28). The van der Waals surface area contributed by atoms with Crippen molar-refractivity contribution in [3.63, 3.8) is 0 Å². The van der Waals surface area contributed by atoms with Gasteiger partial charge in [0.05, 0.1) is 17.1 Å².